The Morgan fingerprint density at radius 2 is 1.93 bits per heavy atom. The Hall–Kier alpha value is -2.81. The molecule has 28 heavy (non-hydrogen) atoms. The van der Waals surface area contributed by atoms with E-state index in [2.05, 4.69) is 10.4 Å². The highest BCUT2D eigenvalue weighted by Gasteiger charge is 2.64. The molecule has 4 rings (SSSR count). The van der Waals surface area contributed by atoms with Crippen LogP contribution in [0.4, 0.5) is 0 Å². The van der Waals surface area contributed by atoms with Gasteiger partial charge in [0.05, 0.1) is 23.1 Å². The van der Waals surface area contributed by atoms with E-state index >= 15 is 0 Å². The zero-order valence-electron chi connectivity index (χ0n) is 15.6. The number of fused-ring (bicyclic) bond motifs is 1. The fourth-order valence-electron chi connectivity index (χ4n) is 3.83. The molecule has 0 spiro atoms. The molecule has 2 saturated heterocycles. The first-order valence-electron chi connectivity index (χ1n) is 8.86. The standard InChI is InChI=1S/C19H20N4O4S/c1-10-12(9-20-23(10)11-7-5-4-6-8-11)15(24)21-13-16(25)22-14(18(26)27)19(2,3)28-17(13)22/h4-9,13-14,17H,1-3H3,(H,21,24)(H,26,27)/t13-,14+,17-/m1/s1. The van der Waals surface area contributed by atoms with Crippen LogP contribution in [-0.2, 0) is 9.59 Å². The number of aromatic nitrogens is 2. The van der Waals surface area contributed by atoms with Crippen LogP contribution < -0.4 is 5.32 Å². The number of nitrogens with zero attached hydrogens (tertiary/aromatic N) is 3. The summed E-state index contributed by atoms with van der Waals surface area (Å²) in [7, 11) is 0. The number of aliphatic carboxylic acids is 1. The van der Waals surface area contributed by atoms with Gasteiger partial charge in [-0.3, -0.25) is 9.59 Å². The van der Waals surface area contributed by atoms with E-state index in [1.54, 1.807) is 25.5 Å². The Labute approximate surface area is 165 Å². The number of rotatable bonds is 4. The van der Waals surface area contributed by atoms with Gasteiger partial charge >= 0.3 is 5.97 Å². The Bertz CT molecular complexity index is 972. The Balaban J connectivity index is 1.53. The number of hydrogen-bond acceptors (Lipinski definition) is 5. The van der Waals surface area contributed by atoms with Gasteiger partial charge in [-0.15, -0.1) is 11.8 Å². The van der Waals surface area contributed by atoms with Gasteiger partial charge in [-0.25, -0.2) is 9.48 Å². The maximum Gasteiger partial charge on any atom is 0.327 e. The lowest BCUT2D eigenvalue weighted by Crippen LogP contribution is -2.70. The molecule has 2 amide bonds. The van der Waals surface area contributed by atoms with Crippen molar-refractivity contribution in [3.8, 4) is 5.69 Å². The van der Waals surface area contributed by atoms with Crippen LogP contribution in [0.25, 0.3) is 5.69 Å². The van der Waals surface area contributed by atoms with Gasteiger partial charge in [0, 0.05) is 4.75 Å². The average molecular weight is 400 g/mol. The molecule has 2 N–H and O–H groups in total. The number of β-lactam (4-membered cyclic amide) rings is 1. The lowest BCUT2D eigenvalue weighted by Gasteiger charge is -2.43. The van der Waals surface area contributed by atoms with E-state index in [9.17, 15) is 19.5 Å². The van der Waals surface area contributed by atoms with Crippen LogP contribution in [0.2, 0.25) is 0 Å². The topological polar surface area (TPSA) is 105 Å². The lowest BCUT2D eigenvalue weighted by molar-refractivity contribution is -0.159. The molecule has 2 fully saturated rings. The van der Waals surface area contributed by atoms with Gasteiger partial charge in [-0.1, -0.05) is 18.2 Å². The van der Waals surface area contributed by atoms with E-state index in [1.807, 2.05) is 30.3 Å². The lowest BCUT2D eigenvalue weighted by atomic mass is 9.96. The summed E-state index contributed by atoms with van der Waals surface area (Å²) in [5.41, 5.74) is 1.88. The molecule has 0 radical (unpaired) electrons. The van der Waals surface area contributed by atoms with Crippen LogP contribution in [0.5, 0.6) is 0 Å². The van der Waals surface area contributed by atoms with Crippen molar-refractivity contribution in [3.63, 3.8) is 0 Å². The van der Waals surface area contributed by atoms with Gasteiger partial charge in [0.1, 0.15) is 17.5 Å². The smallest absolute Gasteiger partial charge is 0.327 e. The third-order valence-electron chi connectivity index (χ3n) is 5.22. The van der Waals surface area contributed by atoms with Crippen LogP contribution >= 0.6 is 11.8 Å². The average Bonchev–Trinajstić information content (AvgIpc) is 3.15. The highest BCUT2D eigenvalue weighted by atomic mass is 32.2. The van der Waals surface area contributed by atoms with E-state index in [1.165, 1.54) is 22.9 Å². The van der Waals surface area contributed by atoms with Crippen LogP contribution in [0.3, 0.4) is 0 Å². The predicted molar refractivity (Wildman–Crippen MR) is 103 cm³/mol. The second-order valence-electron chi connectivity index (χ2n) is 7.44. The summed E-state index contributed by atoms with van der Waals surface area (Å²) in [6, 6.07) is 7.81. The predicted octanol–water partition coefficient (Wildman–Crippen LogP) is 1.43. The Morgan fingerprint density at radius 3 is 2.57 bits per heavy atom. The number of amides is 2. The molecular formula is C19H20N4O4S. The Morgan fingerprint density at radius 1 is 1.25 bits per heavy atom. The van der Waals surface area contributed by atoms with E-state index in [-0.39, 0.29) is 11.3 Å². The fraction of sp³-hybridized carbons (Fsp3) is 0.368. The second-order valence-corrected chi connectivity index (χ2v) is 9.21. The monoisotopic (exact) mass is 400 g/mol. The normalized spacial score (nSPS) is 25.2. The molecule has 1 aromatic heterocycles. The summed E-state index contributed by atoms with van der Waals surface area (Å²) < 4.78 is 1.04. The third-order valence-corrected chi connectivity index (χ3v) is 6.79. The minimum absolute atomic E-state index is 0.364. The van der Waals surface area contributed by atoms with Gasteiger partial charge in [0.2, 0.25) is 5.91 Å². The molecule has 9 heteroatoms. The first-order valence-corrected chi connectivity index (χ1v) is 9.74. The molecule has 8 nitrogen and oxygen atoms in total. The van der Waals surface area contributed by atoms with Crippen molar-refractivity contribution in [2.45, 2.75) is 43.0 Å². The number of carboxylic acids is 1. The van der Waals surface area contributed by atoms with Crippen molar-refractivity contribution >= 4 is 29.5 Å². The summed E-state index contributed by atoms with van der Waals surface area (Å²) in [4.78, 5) is 38.2. The molecule has 3 heterocycles. The van der Waals surface area contributed by atoms with Crippen LogP contribution in [-0.4, -0.2) is 59.8 Å². The summed E-state index contributed by atoms with van der Waals surface area (Å²) in [6.07, 6.45) is 1.48. The van der Waals surface area contributed by atoms with Crippen molar-refractivity contribution in [1.82, 2.24) is 20.0 Å². The number of carboxylic acid groups (broad SMARTS) is 1. The molecule has 0 bridgehead atoms. The number of thioether (sulfide) groups is 1. The highest BCUT2D eigenvalue weighted by Crippen LogP contribution is 2.50. The summed E-state index contributed by atoms with van der Waals surface area (Å²) in [5.74, 6) is -1.79. The SMILES string of the molecule is Cc1c(C(=O)N[C@@H]2C(=O)N3[C@@H]2SC(C)(C)[C@@H]3C(=O)O)cnn1-c1ccccc1. The third kappa shape index (κ3) is 2.69. The molecule has 0 aliphatic carbocycles. The molecule has 2 aromatic rings. The molecule has 2 aliphatic heterocycles. The summed E-state index contributed by atoms with van der Waals surface area (Å²) in [5, 5.41) is 16.1. The highest BCUT2D eigenvalue weighted by molar-refractivity contribution is 8.01. The van der Waals surface area contributed by atoms with E-state index in [0.717, 1.165) is 5.69 Å². The van der Waals surface area contributed by atoms with Crippen molar-refractivity contribution in [2.75, 3.05) is 0 Å². The zero-order valence-corrected chi connectivity index (χ0v) is 16.4. The maximum absolute atomic E-state index is 12.8. The van der Waals surface area contributed by atoms with E-state index in [4.69, 9.17) is 0 Å². The van der Waals surface area contributed by atoms with Crippen LogP contribution in [0, 0.1) is 6.92 Å². The summed E-state index contributed by atoms with van der Waals surface area (Å²) >= 11 is 1.40. The van der Waals surface area contributed by atoms with Gasteiger partial charge in [-0.05, 0) is 32.9 Å². The number of benzene rings is 1. The van der Waals surface area contributed by atoms with Crippen LogP contribution in [0.1, 0.15) is 29.9 Å². The molecular weight excluding hydrogens is 380 g/mol. The number of hydrogen-bond donors (Lipinski definition) is 2. The molecule has 146 valence electrons. The number of nitrogens with one attached hydrogen (secondary N) is 1. The molecule has 1 aromatic carbocycles. The first kappa shape index (κ1) is 18.5. The number of carbonyl (C=O) groups excluding carboxylic acids is 2. The van der Waals surface area contributed by atoms with Crippen molar-refractivity contribution in [2.24, 2.45) is 0 Å². The minimum atomic E-state index is -1.03. The largest absolute Gasteiger partial charge is 0.480 e. The molecule has 2 aliphatic rings. The fourth-order valence-corrected chi connectivity index (χ4v) is 5.45. The van der Waals surface area contributed by atoms with Gasteiger partial charge in [0.15, 0.2) is 0 Å². The number of carbonyl (C=O) groups is 3. The van der Waals surface area contributed by atoms with E-state index in [0.29, 0.717) is 11.3 Å². The van der Waals surface area contributed by atoms with Crippen molar-refractivity contribution in [1.29, 1.82) is 0 Å². The second kappa shape index (κ2) is 6.37. The van der Waals surface area contributed by atoms with Gasteiger partial charge in [-0.2, -0.15) is 5.10 Å². The molecule has 3 atom stereocenters. The van der Waals surface area contributed by atoms with Crippen LogP contribution in [0.15, 0.2) is 36.5 Å². The van der Waals surface area contributed by atoms with Crippen molar-refractivity contribution in [3.05, 3.63) is 47.8 Å². The summed E-state index contributed by atoms with van der Waals surface area (Å²) in [6.45, 7) is 5.39. The zero-order chi connectivity index (χ0) is 20.2. The van der Waals surface area contributed by atoms with Crippen molar-refractivity contribution < 1.29 is 19.5 Å². The van der Waals surface area contributed by atoms with E-state index < -0.39 is 28.7 Å². The Kier molecular flexibility index (Phi) is 4.22. The maximum atomic E-state index is 12.8. The molecule has 0 saturated carbocycles. The van der Waals surface area contributed by atoms with Gasteiger partial charge < -0.3 is 15.3 Å². The first-order chi connectivity index (χ1) is 13.2. The molecule has 0 unspecified atom stereocenters. The van der Waals surface area contributed by atoms with Gasteiger partial charge in [0.25, 0.3) is 5.91 Å². The number of para-hydroxylation sites is 1. The quantitative estimate of drug-likeness (QED) is 0.753. The minimum Gasteiger partial charge on any atom is -0.480 e.